The minimum absolute atomic E-state index is 0.00220. The second-order valence-electron chi connectivity index (χ2n) is 5.61. The summed E-state index contributed by atoms with van der Waals surface area (Å²) in [6, 6.07) is 0. The highest BCUT2D eigenvalue weighted by Crippen LogP contribution is 2.43. The highest BCUT2D eigenvalue weighted by atomic mass is 32.2. The third-order valence-corrected chi connectivity index (χ3v) is 5.71. The average molecular weight is 272 g/mol. The lowest BCUT2D eigenvalue weighted by Gasteiger charge is -2.38. The fourth-order valence-corrected chi connectivity index (χ4v) is 4.42. The Morgan fingerprint density at radius 3 is 2.89 bits per heavy atom. The van der Waals surface area contributed by atoms with Gasteiger partial charge in [0, 0.05) is 17.6 Å². The van der Waals surface area contributed by atoms with E-state index in [1.807, 2.05) is 18.7 Å². The van der Waals surface area contributed by atoms with Gasteiger partial charge in [-0.3, -0.25) is 4.79 Å². The van der Waals surface area contributed by atoms with Crippen molar-refractivity contribution in [2.75, 3.05) is 19.5 Å². The molecule has 2 atom stereocenters. The van der Waals surface area contributed by atoms with Crippen LogP contribution >= 0.6 is 11.8 Å². The van der Waals surface area contributed by atoms with Gasteiger partial charge in [-0.1, -0.05) is 19.8 Å². The smallest absolute Gasteiger partial charge is 0.309 e. The molecule has 1 aliphatic carbocycles. The van der Waals surface area contributed by atoms with Crippen molar-refractivity contribution in [3.8, 4) is 0 Å². The number of rotatable bonds is 4. The molecule has 1 saturated heterocycles. The molecule has 0 N–H and O–H groups in total. The van der Waals surface area contributed by atoms with Crippen LogP contribution in [-0.2, 0) is 14.3 Å². The Bertz CT molecular complexity index is 287. The zero-order valence-corrected chi connectivity index (χ0v) is 12.3. The van der Waals surface area contributed by atoms with E-state index >= 15 is 0 Å². The fraction of sp³-hybridized carbons (Fsp3) is 0.929. The third kappa shape index (κ3) is 3.41. The highest BCUT2D eigenvalue weighted by Gasteiger charge is 2.40. The highest BCUT2D eigenvalue weighted by molar-refractivity contribution is 7.99. The molecule has 0 aromatic rings. The summed E-state index contributed by atoms with van der Waals surface area (Å²) >= 11 is 1.93. The second-order valence-corrected chi connectivity index (χ2v) is 6.94. The van der Waals surface area contributed by atoms with E-state index in [1.165, 1.54) is 39.2 Å². The molecule has 0 radical (unpaired) electrons. The lowest BCUT2D eigenvalue weighted by Crippen LogP contribution is -2.38. The van der Waals surface area contributed by atoms with E-state index in [9.17, 15) is 4.79 Å². The van der Waals surface area contributed by atoms with E-state index in [0.29, 0.717) is 5.25 Å². The Morgan fingerprint density at radius 1 is 1.50 bits per heavy atom. The van der Waals surface area contributed by atoms with Gasteiger partial charge in [-0.2, -0.15) is 11.8 Å². The average Bonchev–Trinajstić information content (AvgIpc) is 2.83. The van der Waals surface area contributed by atoms with Crippen LogP contribution in [0.5, 0.6) is 0 Å². The van der Waals surface area contributed by atoms with E-state index in [2.05, 4.69) is 0 Å². The molecule has 0 bridgehead atoms. The summed E-state index contributed by atoms with van der Waals surface area (Å²) in [5.74, 6) is 0.778. The van der Waals surface area contributed by atoms with Gasteiger partial charge in [0.25, 0.3) is 0 Å². The standard InChI is InChI=1S/C14H24O3S/c1-11(13(15)16-2)10-18-12-5-8-17-14(9-12)6-3-4-7-14/h11-12H,3-10H2,1-2H3. The summed E-state index contributed by atoms with van der Waals surface area (Å²) < 4.78 is 10.8. The van der Waals surface area contributed by atoms with Crippen LogP contribution in [0, 0.1) is 5.92 Å². The minimum Gasteiger partial charge on any atom is -0.469 e. The van der Waals surface area contributed by atoms with Crippen LogP contribution in [0.25, 0.3) is 0 Å². The number of hydrogen-bond acceptors (Lipinski definition) is 4. The summed E-state index contributed by atoms with van der Waals surface area (Å²) in [6.07, 6.45) is 7.39. The number of esters is 1. The van der Waals surface area contributed by atoms with Crippen molar-refractivity contribution in [2.24, 2.45) is 5.92 Å². The molecule has 1 aliphatic heterocycles. The van der Waals surface area contributed by atoms with Crippen molar-refractivity contribution < 1.29 is 14.3 Å². The van der Waals surface area contributed by atoms with E-state index < -0.39 is 0 Å². The number of carbonyl (C=O) groups excluding carboxylic acids is 1. The Morgan fingerprint density at radius 2 is 2.22 bits per heavy atom. The molecule has 1 saturated carbocycles. The first-order chi connectivity index (χ1) is 8.65. The van der Waals surface area contributed by atoms with Gasteiger partial charge in [0.15, 0.2) is 0 Å². The zero-order valence-electron chi connectivity index (χ0n) is 11.4. The van der Waals surface area contributed by atoms with Crippen LogP contribution in [0.1, 0.15) is 45.4 Å². The maximum atomic E-state index is 11.4. The molecule has 2 unspecified atom stereocenters. The number of hydrogen-bond donors (Lipinski definition) is 0. The van der Waals surface area contributed by atoms with Crippen LogP contribution in [0.15, 0.2) is 0 Å². The second kappa shape index (κ2) is 6.29. The van der Waals surface area contributed by atoms with Crippen molar-refractivity contribution >= 4 is 17.7 Å². The van der Waals surface area contributed by atoms with Gasteiger partial charge in [0.2, 0.25) is 0 Å². The topological polar surface area (TPSA) is 35.5 Å². The molecule has 2 fully saturated rings. The van der Waals surface area contributed by atoms with Crippen LogP contribution in [0.3, 0.4) is 0 Å². The van der Waals surface area contributed by atoms with Crippen molar-refractivity contribution in [1.29, 1.82) is 0 Å². The fourth-order valence-electron chi connectivity index (χ4n) is 3.04. The van der Waals surface area contributed by atoms with Crippen LogP contribution < -0.4 is 0 Å². The van der Waals surface area contributed by atoms with Gasteiger partial charge >= 0.3 is 5.97 Å². The Balaban J connectivity index is 1.77. The van der Waals surface area contributed by atoms with Crippen molar-refractivity contribution in [3.63, 3.8) is 0 Å². The quantitative estimate of drug-likeness (QED) is 0.737. The summed E-state index contributed by atoms with van der Waals surface area (Å²) in [7, 11) is 1.46. The maximum absolute atomic E-state index is 11.4. The molecule has 18 heavy (non-hydrogen) atoms. The van der Waals surface area contributed by atoms with Gasteiger partial charge in [0.05, 0.1) is 18.6 Å². The normalized spacial score (nSPS) is 28.2. The van der Waals surface area contributed by atoms with Crippen LogP contribution in [0.4, 0.5) is 0 Å². The monoisotopic (exact) mass is 272 g/mol. The van der Waals surface area contributed by atoms with Crippen LogP contribution in [-0.4, -0.2) is 36.3 Å². The molecular formula is C14H24O3S. The summed E-state index contributed by atoms with van der Waals surface area (Å²) in [5.41, 5.74) is 0.185. The van der Waals surface area contributed by atoms with Crippen molar-refractivity contribution in [2.45, 2.75) is 56.3 Å². The molecular weight excluding hydrogens is 248 g/mol. The first-order valence-electron chi connectivity index (χ1n) is 6.99. The predicted octanol–water partition coefficient (Wildman–Crippen LogP) is 3.02. The van der Waals surface area contributed by atoms with Gasteiger partial charge in [-0.25, -0.2) is 0 Å². The van der Waals surface area contributed by atoms with Gasteiger partial charge in [0.1, 0.15) is 0 Å². The number of methoxy groups -OCH3 is 1. The molecule has 1 spiro atoms. The largest absolute Gasteiger partial charge is 0.469 e. The minimum atomic E-state index is -0.0925. The summed E-state index contributed by atoms with van der Waals surface area (Å²) in [6.45, 7) is 2.84. The summed E-state index contributed by atoms with van der Waals surface area (Å²) in [4.78, 5) is 11.4. The van der Waals surface area contributed by atoms with E-state index in [0.717, 1.165) is 18.8 Å². The SMILES string of the molecule is COC(=O)C(C)CSC1CCOC2(CCCC2)C1. The molecule has 3 nitrogen and oxygen atoms in total. The summed E-state index contributed by atoms with van der Waals surface area (Å²) in [5, 5.41) is 0.656. The lowest BCUT2D eigenvalue weighted by atomic mass is 9.92. The lowest BCUT2D eigenvalue weighted by molar-refractivity contribution is -0.143. The van der Waals surface area contributed by atoms with E-state index in [1.54, 1.807) is 0 Å². The molecule has 1 heterocycles. The first kappa shape index (κ1) is 14.2. The Hall–Kier alpha value is -0.220. The van der Waals surface area contributed by atoms with Gasteiger partial charge in [-0.15, -0.1) is 0 Å². The molecule has 4 heteroatoms. The van der Waals surface area contributed by atoms with E-state index in [-0.39, 0.29) is 17.5 Å². The maximum Gasteiger partial charge on any atom is 0.309 e. The molecule has 0 amide bonds. The van der Waals surface area contributed by atoms with Crippen LogP contribution in [0.2, 0.25) is 0 Å². The predicted molar refractivity (Wildman–Crippen MR) is 73.8 cm³/mol. The van der Waals surface area contributed by atoms with Gasteiger partial charge in [-0.05, 0) is 25.7 Å². The molecule has 2 rings (SSSR count). The van der Waals surface area contributed by atoms with Crippen molar-refractivity contribution in [3.05, 3.63) is 0 Å². The number of thioether (sulfide) groups is 1. The molecule has 0 aromatic carbocycles. The number of carbonyl (C=O) groups is 1. The van der Waals surface area contributed by atoms with Gasteiger partial charge < -0.3 is 9.47 Å². The zero-order chi connectivity index (χ0) is 13.0. The number of ether oxygens (including phenoxy) is 2. The first-order valence-corrected chi connectivity index (χ1v) is 8.03. The van der Waals surface area contributed by atoms with Crippen molar-refractivity contribution in [1.82, 2.24) is 0 Å². The molecule has 104 valence electrons. The Kier molecular flexibility index (Phi) is 4.96. The van der Waals surface area contributed by atoms with E-state index in [4.69, 9.17) is 9.47 Å². The molecule has 2 aliphatic rings. The third-order valence-electron chi connectivity index (χ3n) is 4.15. The molecule has 0 aromatic heterocycles. The Labute approximate surface area is 114 Å².